The highest BCUT2D eigenvalue weighted by molar-refractivity contribution is 7.91. The fraction of sp³-hybridized carbons (Fsp3) is 0.525. The molecular weight excluding hydrogens is 683 g/mol. The Morgan fingerprint density at radius 1 is 1.02 bits per heavy atom. The zero-order valence-electron chi connectivity index (χ0n) is 31.0. The van der Waals surface area contributed by atoms with E-state index < -0.39 is 26.9 Å². The van der Waals surface area contributed by atoms with E-state index in [4.69, 9.17) is 23.7 Å². The number of carbonyl (C=O) groups excluding carboxylic acids is 1. The number of methoxy groups -OCH3 is 2. The van der Waals surface area contributed by atoms with Crippen molar-refractivity contribution < 1.29 is 36.9 Å². The first kappa shape index (κ1) is 39.6. The lowest BCUT2D eigenvalue weighted by atomic mass is 9.80. The molecule has 0 bridgehead atoms. The van der Waals surface area contributed by atoms with Gasteiger partial charge in [0.25, 0.3) is 0 Å². The molecule has 282 valence electrons. The number of aryl methyl sites for hydroxylation is 1. The Balaban J connectivity index is 1.51. The Labute approximate surface area is 308 Å². The van der Waals surface area contributed by atoms with E-state index in [2.05, 4.69) is 27.3 Å². The number of piperidine rings is 1. The van der Waals surface area contributed by atoms with Crippen LogP contribution in [-0.2, 0) is 40.2 Å². The summed E-state index contributed by atoms with van der Waals surface area (Å²) in [5.74, 6) is 0.554. The minimum atomic E-state index is -4.03. The number of sulfone groups is 1. The van der Waals surface area contributed by atoms with Gasteiger partial charge in [-0.15, -0.1) is 0 Å². The van der Waals surface area contributed by atoms with Crippen LogP contribution in [0.15, 0.2) is 76.6 Å². The lowest BCUT2D eigenvalue weighted by Gasteiger charge is -2.40. The van der Waals surface area contributed by atoms with Gasteiger partial charge in [-0.1, -0.05) is 48.0 Å². The van der Waals surface area contributed by atoms with Crippen molar-refractivity contribution in [2.45, 2.75) is 80.6 Å². The molecule has 0 amide bonds. The van der Waals surface area contributed by atoms with Crippen molar-refractivity contribution in [1.29, 1.82) is 0 Å². The largest absolute Gasteiger partial charge is 0.490 e. The van der Waals surface area contributed by atoms with Crippen molar-refractivity contribution in [2.75, 3.05) is 65.2 Å². The van der Waals surface area contributed by atoms with Gasteiger partial charge in [-0.25, -0.2) is 13.2 Å². The van der Waals surface area contributed by atoms with E-state index in [0.29, 0.717) is 70.3 Å². The number of isocyanates is 1. The summed E-state index contributed by atoms with van der Waals surface area (Å²) in [6.45, 7) is 10.2. The second-order valence-corrected chi connectivity index (χ2v) is 16.2. The van der Waals surface area contributed by atoms with Crippen LogP contribution in [0, 0.1) is 6.92 Å². The predicted molar refractivity (Wildman–Crippen MR) is 201 cm³/mol. The van der Waals surface area contributed by atoms with Gasteiger partial charge in [0, 0.05) is 45.9 Å². The second kappa shape index (κ2) is 18.4. The third kappa shape index (κ3) is 10.3. The zero-order valence-corrected chi connectivity index (χ0v) is 31.8. The molecule has 0 aliphatic carbocycles. The van der Waals surface area contributed by atoms with Gasteiger partial charge in [0.15, 0.2) is 5.44 Å². The molecule has 1 N–H and O–H groups in total. The maximum absolute atomic E-state index is 14.7. The Bertz CT molecular complexity index is 1740. The van der Waals surface area contributed by atoms with Gasteiger partial charge in [-0.2, -0.15) is 4.99 Å². The van der Waals surface area contributed by atoms with E-state index in [1.54, 1.807) is 38.5 Å². The molecular formula is C40H53N3O8S. The molecule has 2 heterocycles. The molecule has 2 aliphatic heterocycles. The Morgan fingerprint density at radius 2 is 1.77 bits per heavy atom. The molecule has 11 nitrogen and oxygen atoms in total. The molecule has 4 atom stereocenters. The van der Waals surface area contributed by atoms with Crippen LogP contribution in [0.4, 0.5) is 5.69 Å². The monoisotopic (exact) mass is 735 g/mol. The highest BCUT2D eigenvalue weighted by atomic mass is 32.2. The summed E-state index contributed by atoms with van der Waals surface area (Å²) in [6.07, 6.45) is 3.29. The Kier molecular flexibility index (Phi) is 14.0. The molecule has 5 rings (SSSR count). The van der Waals surface area contributed by atoms with Crippen LogP contribution >= 0.6 is 0 Å². The maximum atomic E-state index is 14.7. The topological polar surface area (TPSA) is 125 Å². The molecule has 1 unspecified atom stereocenters. The molecule has 12 heteroatoms. The fourth-order valence-electron chi connectivity index (χ4n) is 6.99. The molecule has 0 spiro atoms. The minimum absolute atomic E-state index is 0.00251. The van der Waals surface area contributed by atoms with E-state index in [1.807, 2.05) is 57.2 Å². The van der Waals surface area contributed by atoms with E-state index in [9.17, 15) is 13.2 Å². The first-order valence-electron chi connectivity index (χ1n) is 18.0. The first-order valence-corrected chi connectivity index (χ1v) is 19.5. The van der Waals surface area contributed by atoms with Crippen LogP contribution < -0.4 is 15.0 Å². The molecule has 0 aromatic heterocycles. The number of benzene rings is 3. The quantitative estimate of drug-likeness (QED) is 0.0960. The zero-order chi connectivity index (χ0) is 37.1. The van der Waals surface area contributed by atoms with E-state index in [0.717, 1.165) is 35.3 Å². The summed E-state index contributed by atoms with van der Waals surface area (Å²) < 4.78 is 58.4. The number of hydrogen-bond acceptors (Lipinski definition) is 11. The van der Waals surface area contributed by atoms with E-state index in [-0.39, 0.29) is 16.9 Å². The molecule has 0 radical (unpaired) electrons. The van der Waals surface area contributed by atoms with Crippen molar-refractivity contribution in [3.05, 3.63) is 89.0 Å². The summed E-state index contributed by atoms with van der Waals surface area (Å²) in [5.41, 5.74) is 2.49. The van der Waals surface area contributed by atoms with Gasteiger partial charge >= 0.3 is 0 Å². The SMILES string of the molecule is COCCCN1CCOc2ccc(C(O[C@H]3CN[C@@H](CC(C)(C)N=C=O)C[C@@H]3c3ccc(COCCOC)cc3)S(=O)(=O)c3ccc(C)cc3)cc21. The number of hydrogen-bond donors (Lipinski definition) is 1. The van der Waals surface area contributed by atoms with Crippen LogP contribution in [0.1, 0.15) is 66.7 Å². The predicted octanol–water partition coefficient (Wildman–Crippen LogP) is 5.90. The third-order valence-electron chi connectivity index (χ3n) is 9.72. The van der Waals surface area contributed by atoms with Gasteiger partial charge in [0.05, 0.1) is 48.6 Å². The van der Waals surface area contributed by atoms with E-state index in [1.165, 1.54) is 0 Å². The smallest absolute Gasteiger partial charge is 0.235 e. The number of fused-ring (bicyclic) bond motifs is 1. The summed E-state index contributed by atoms with van der Waals surface area (Å²) in [5, 5.41) is 3.59. The van der Waals surface area contributed by atoms with Gasteiger partial charge in [0.1, 0.15) is 12.4 Å². The van der Waals surface area contributed by atoms with Crippen molar-refractivity contribution in [2.24, 2.45) is 4.99 Å². The van der Waals surface area contributed by atoms with Crippen molar-refractivity contribution in [3.8, 4) is 5.75 Å². The molecule has 0 saturated carbocycles. The van der Waals surface area contributed by atoms with Crippen LogP contribution in [0.2, 0.25) is 0 Å². The fourth-order valence-corrected chi connectivity index (χ4v) is 8.55. The number of nitrogens with one attached hydrogen (secondary N) is 1. The summed E-state index contributed by atoms with van der Waals surface area (Å²) in [6, 6.07) is 20.7. The average Bonchev–Trinajstić information content (AvgIpc) is 3.13. The normalized spacial score (nSPS) is 19.7. The number of nitrogens with zero attached hydrogens (tertiary/aromatic N) is 2. The van der Waals surface area contributed by atoms with E-state index >= 15 is 0 Å². The molecule has 2 aliphatic rings. The number of ether oxygens (including phenoxy) is 5. The van der Waals surface area contributed by atoms with Gasteiger partial charge in [0.2, 0.25) is 15.9 Å². The van der Waals surface area contributed by atoms with Crippen LogP contribution in [-0.4, -0.2) is 92.5 Å². The summed E-state index contributed by atoms with van der Waals surface area (Å²) in [4.78, 5) is 17.6. The second-order valence-electron chi connectivity index (χ2n) is 14.2. The third-order valence-corrected chi connectivity index (χ3v) is 11.6. The Morgan fingerprint density at radius 3 is 2.48 bits per heavy atom. The number of rotatable bonds is 18. The minimum Gasteiger partial charge on any atom is -0.490 e. The first-order chi connectivity index (χ1) is 25.0. The van der Waals surface area contributed by atoms with Gasteiger partial charge in [-0.05, 0) is 81.0 Å². The summed E-state index contributed by atoms with van der Waals surface area (Å²) in [7, 11) is -0.696. The lowest BCUT2D eigenvalue weighted by Crippen LogP contribution is -2.49. The van der Waals surface area contributed by atoms with Crippen LogP contribution in [0.3, 0.4) is 0 Å². The molecule has 1 saturated heterocycles. The van der Waals surface area contributed by atoms with Crippen LogP contribution in [0.5, 0.6) is 5.75 Å². The maximum Gasteiger partial charge on any atom is 0.235 e. The van der Waals surface area contributed by atoms with Crippen molar-refractivity contribution in [1.82, 2.24) is 5.32 Å². The Hall–Kier alpha value is -3.61. The van der Waals surface area contributed by atoms with Crippen molar-refractivity contribution in [3.63, 3.8) is 0 Å². The molecule has 3 aromatic carbocycles. The number of anilines is 1. The molecule has 1 fully saturated rings. The lowest BCUT2D eigenvalue weighted by molar-refractivity contribution is -0.00778. The highest BCUT2D eigenvalue weighted by Gasteiger charge is 2.40. The standard InChI is InChI=1S/C40H53N3O8S/c1-29-7-14-34(15-8-29)52(45,46)39(32-13-16-37-36(23-32)43(18-20-50-37)17-6-19-47-4)51-38-26-41-33(25-40(2,3)42-28-44)24-35(38)31-11-9-30(10-12-31)27-49-22-21-48-5/h7-16,23,33,35,38-39,41H,6,17-22,24-27H2,1-5H3/t33-,35-,38+,39?/m1/s1. The summed E-state index contributed by atoms with van der Waals surface area (Å²) >= 11 is 0. The highest BCUT2D eigenvalue weighted by Crippen LogP contribution is 2.42. The molecule has 52 heavy (non-hydrogen) atoms. The van der Waals surface area contributed by atoms with Gasteiger partial charge in [-0.3, -0.25) is 0 Å². The molecule has 3 aromatic rings. The van der Waals surface area contributed by atoms with Crippen molar-refractivity contribution >= 4 is 21.6 Å². The number of aliphatic imine (C=N–C) groups is 1. The van der Waals surface area contributed by atoms with Gasteiger partial charge < -0.3 is 33.9 Å². The van der Waals surface area contributed by atoms with Crippen LogP contribution in [0.25, 0.3) is 0 Å². The average molecular weight is 736 g/mol.